The number of nitrogens with zero attached hydrogens (tertiary/aromatic N) is 6. The number of anilines is 1. The molecule has 3 heterocycles. The van der Waals surface area contributed by atoms with Crippen LogP contribution in [0.15, 0.2) is 43.0 Å². The normalized spacial score (nSPS) is 19.4. The molecule has 1 fully saturated rings. The largest absolute Gasteiger partial charge is 0.350 e. The van der Waals surface area contributed by atoms with Crippen LogP contribution in [0.2, 0.25) is 5.02 Å². The Morgan fingerprint density at radius 3 is 2.96 bits per heavy atom. The molecule has 1 unspecified atom stereocenters. The van der Waals surface area contributed by atoms with Crippen molar-refractivity contribution in [1.29, 1.82) is 0 Å². The topological polar surface area (TPSA) is 49.6 Å². The summed E-state index contributed by atoms with van der Waals surface area (Å²) in [5, 5.41) is 8.98. The van der Waals surface area contributed by atoms with Gasteiger partial charge in [0, 0.05) is 37.1 Å². The van der Waals surface area contributed by atoms with E-state index in [0.717, 1.165) is 41.7 Å². The number of halogens is 1. The number of hydrogen-bond acceptors (Lipinski definition) is 5. The van der Waals surface area contributed by atoms with Crippen molar-refractivity contribution < 1.29 is 0 Å². The molecule has 23 heavy (non-hydrogen) atoms. The number of benzene rings is 1. The Bertz CT molecular complexity index is 832. The van der Waals surface area contributed by atoms with Crippen molar-refractivity contribution in [2.24, 2.45) is 0 Å². The zero-order valence-electron chi connectivity index (χ0n) is 12.8. The van der Waals surface area contributed by atoms with Gasteiger partial charge in [-0.05, 0) is 18.7 Å². The summed E-state index contributed by atoms with van der Waals surface area (Å²) < 4.78 is 1.89. The summed E-state index contributed by atoms with van der Waals surface area (Å²) >= 11 is 6.41. The maximum Gasteiger partial charge on any atom is 0.203 e. The standard InChI is InChI=1S/C16H17ClN6/c1-21-8-9-22(10-14(21)12-4-2-3-5-13(12)17)15-16-20-19-11-23(16)7-6-18-15/h2-7,11,14H,8-10H2,1H3. The predicted molar refractivity (Wildman–Crippen MR) is 89.8 cm³/mol. The van der Waals surface area contributed by atoms with Crippen LogP contribution in [-0.2, 0) is 0 Å². The molecule has 1 aromatic carbocycles. The predicted octanol–water partition coefficient (Wildman–Crippen LogP) is 2.27. The van der Waals surface area contributed by atoms with Crippen molar-refractivity contribution in [2.45, 2.75) is 6.04 Å². The first-order valence-electron chi connectivity index (χ1n) is 7.58. The molecule has 2 aromatic heterocycles. The van der Waals surface area contributed by atoms with Gasteiger partial charge in [-0.1, -0.05) is 29.8 Å². The van der Waals surface area contributed by atoms with Crippen LogP contribution < -0.4 is 4.90 Å². The first-order valence-corrected chi connectivity index (χ1v) is 7.96. The lowest BCUT2D eigenvalue weighted by atomic mass is 10.0. The fourth-order valence-electron chi connectivity index (χ4n) is 3.12. The molecular weight excluding hydrogens is 312 g/mol. The molecule has 3 aromatic rings. The van der Waals surface area contributed by atoms with Crippen LogP contribution in [0.1, 0.15) is 11.6 Å². The van der Waals surface area contributed by atoms with E-state index in [1.54, 1.807) is 12.5 Å². The lowest BCUT2D eigenvalue weighted by molar-refractivity contribution is 0.221. The maximum atomic E-state index is 6.41. The second kappa shape index (κ2) is 5.79. The van der Waals surface area contributed by atoms with Gasteiger partial charge in [-0.3, -0.25) is 9.30 Å². The molecule has 1 atom stereocenters. The van der Waals surface area contributed by atoms with Crippen LogP contribution in [0.4, 0.5) is 5.82 Å². The highest BCUT2D eigenvalue weighted by Crippen LogP contribution is 2.31. The quantitative estimate of drug-likeness (QED) is 0.722. The summed E-state index contributed by atoms with van der Waals surface area (Å²) in [6.07, 6.45) is 5.34. The van der Waals surface area contributed by atoms with Crippen molar-refractivity contribution in [1.82, 2.24) is 24.5 Å². The number of rotatable bonds is 2. The Kier molecular flexibility index (Phi) is 3.63. The van der Waals surface area contributed by atoms with Gasteiger partial charge in [0.2, 0.25) is 5.65 Å². The molecule has 4 rings (SSSR count). The summed E-state index contributed by atoms with van der Waals surface area (Å²) in [5.74, 6) is 0.871. The average molecular weight is 329 g/mol. The number of likely N-dealkylation sites (N-methyl/N-ethyl adjacent to an activating group) is 1. The van der Waals surface area contributed by atoms with Crippen molar-refractivity contribution in [3.8, 4) is 0 Å². The van der Waals surface area contributed by atoms with Crippen molar-refractivity contribution >= 4 is 23.1 Å². The van der Waals surface area contributed by atoms with E-state index in [0.29, 0.717) is 0 Å². The SMILES string of the molecule is CN1CCN(c2nccn3cnnc23)CC1c1ccccc1Cl. The third-order valence-corrected chi connectivity index (χ3v) is 4.75. The Balaban J connectivity index is 1.69. The lowest BCUT2D eigenvalue weighted by Gasteiger charge is -2.40. The van der Waals surface area contributed by atoms with E-state index in [9.17, 15) is 0 Å². The molecule has 1 aliphatic heterocycles. The van der Waals surface area contributed by atoms with E-state index >= 15 is 0 Å². The van der Waals surface area contributed by atoms with Crippen molar-refractivity contribution in [3.63, 3.8) is 0 Å². The molecule has 0 spiro atoms. The second-order valence-corrected chi connectivity index (χ2v) is 6.18. The summed E-state index contributed by atoms with van der Waals surface area (Å²) in [4.78, 5) is 9.13. The molecule has 1 aliphatic rings. The molecule has 6 nitrogen and oxygen atoms in total. The first kappa shape index (κ1) is 14.4. The number of aromatic nitrogens is 4. The van der Waals surface area contributed by atoms with Gasteiger partial charge >= 0.3 is 0 Å². The molecule has 0 radical (unpaired) electrons. The van der Waals surface area contributed by atoms with E-state index in [4.69, 9.17) is 11.6 Å². The highest BCUT2D eigenvalue weighted by atomic mass is 35.5. The minimum absolute atomic E-state index is 0.224. The summed E-state index contributed by atoms with van der Waals surface area (Å²) in [6.45, 7) is 2.66. The molecule has 0 amide bonds. The van der Waals surface area contributed by atoms with E-state index in [1.165, 1.54) is 0 Å². The average Bonchev–Trinajstić information content (AvgIpc) is 3.05. The number of hydrogen-bond donors (Lipinski definition) is 0. The van der Waals surface area contributed by atoms with Gasteiger partial charge in [0.25, 0.3) is 0 Å². The monoisotopic (exact) mass is 328 g/mol. The number of fused-ring (bicyclic) bond motifs is 1. The zero-order valence-corrected chi connectivity index (χ0v) is 13.6. The molecular formula is C16H17ClN6. The Morgan fingerprint density at radius 1 is 1.22 bits per heavy atom. The number of piperazine rings is 1. The van der Waals surface area contributed by atoms with E-state index in [1.807, 2.05) is 28.8 Å². The molecule has 0 bridgehead atoms. The third kappa shape index (κ3) is 2.54. The van der Waals surface area contributed by atoms with Gasteiger partial charge in [0.15, 0.2) is 5.82 Å². The molecule has 7 heteroatoms. The van der Waals surface area contributed by atoms with Crippen LogP contribution >= 0.6 is 11.6 Å². The summed E-state index contributed by atoms with van der Waals surface area (Å²) in [7, 11) is 2.14. The highest BCUT2D eigenvalue weighted by molar-refractivity contribution is 6.31. The van der Waals surface area contributed by atoms with Crippen LogP contribution in [0.5, 0.6) is 0 Å². The summed E-state index contributed by atoms with van der Waals surface area (Å²) in [6, 6.07) is 8.26. The minimum atomic E-state index is 0.224. The first-order chi connectivity index (χ1) is 11.2. The Morgan fingerprint density at radius 2 is 2.09 bits per heavy atom. The maximum absolute atomic E-state index is 6.41. The Hall–Kier alpha value is -2.18. The molecule has 1 saturated heterocycles. The molecule has 118 valence electrons. The van der Waals surface area contributed by atoms with Crippen LogP contribution in [-0.4, -0.2) is 51.2 Å². The van der Waals surface area contributed by atoms with Gasteiger partial charge in [-0.15, -0.1) is 10.2 Å². The fourth-order valence-corrected chi connectivity index (χ4v) is 3.38. The second-order valence-electron chi connectivity index (χ2n) is 5.78. The molecule has 0 N–H and O–H groups in total. The van der Waals surface area contributed by atoms with Crippen LogP contribution in [0, 0.1) is 0 Å². The Labute approximate surface area is 139 Å². The van der Waals surface area contributed by atoms with Gasteiger partial charge in [0.1, 0.15) is 6.33 Å². The fraction of sp³-hybridized carbons (Fsp3) is 0.312. The molecule has 0 aliphatic carbocycles. The smallest absolute Gasteiger partial charge is 0.203 e. The summed E-state index contributed by atoms with van der Waals surface area (Å²) in [5.41, 5.74) is 1.93. The lowest BCUT2D eigenvalue weighted by Crippen LogP contribution is -2.47. The highest BCUT2D eigenvalue weighted by Gasteiger charge is 2.29. The van der Waals surface area contributed by atoms with Gasteiger partial charge in [0.05, 0.1) is 6.04 Å². The van der Waals surface area contributed by atoms with Crippen molar-refractivity contribution in [2.75, 3.05) is 31.6 Å². The van der Waals surface area contributed by atoms with Gasteiger partial charge in [-0.25, -0.2) is 4.98 Å². The van der Waals surface area contributed by atoms with E-state index in [2.05, 4.69) is 38.1 Å². The zero-order chi connectivity index (χ0) is 15.8. The van der Waals surface area contributed by atoms with E-state index in [-0.39, 0.29) is 6.04 Å². The van der Waals surface area contributed by atoms with Crippen LogP contribution in [0.3, 0.4) is 0 Å². The molecule has 0 saturated carbocycles. The van der Waals surface area contributed by atoms with Crippen molar-refractivity contribution in [3.05, 3.63) is 53.6 Å². The van der Waals surface area contributed by atoms with Crippen LogP contribution in [0.25, 0.3) is 5.65 Å². The van der Waals surface area contributed by atoms with Gasteiger partial charge < -0.3 is 4.90 Å². The van der Waals surface area contributed by atoms with E-state index < -0.39 is 0 Å². The minimum Gasteiger partial charge on any atom is -0.350 e. The third-order valence-electron chi connectivity index (χ3n) is 4.41. The van der Waals surface area contributed by atoms with Gasteiger partial charge in [-0.2, -0.15) is 0 Å².